The monoisotopic (exact) mass is 403 g/mol. The van der Waals surface area contributed by atoms with Crippen molar-refractivity contribution in [2.45, 2.75) is 17.4 Å². The smallest absolute Gasteiger partial charge is 0.0439 e. The molecule has 0 fully saturated rings. The van der Waals surface area contributed by atoms with Gasteiger partial charge >= 0.3 is 0 Å². The highest BCUT2D eigenvalue weighted by molar-refractivity contribution is 9.10. The van der Waals surface area contributed by atoms with Gasteiger partial charge in [-0.2, -0.15) is 0 Å². The quantitative estimate of drug-likeness (QED) is 0.621. The van der Waals surface area contributed by atoms with Crippen LogP contribution in [0.15, 0.2) is 51.8 Å². The molecule has 1 atom stereocenters. The van der Waals surface area contributed by atoms with Crippen LogP contribution in [0.3, 0.4) is 0 Å². The van der Waals surface area contributed by atoms with Crippen molar-refractivity contribution in [3.63, 3.8) is 0 Å². The Labute approximate surface area is 148 Å². The molecule has 2 aromatic rings. The van der Waals surface area contributed by atoms with Crippen molar-refractivity contribution >= 4 is 50.9 Å². The Morgan fingerprint density at radius 2 is 1.95 bits per heavy atom. The Hall–Kier alpha value is -0.190. The molecular formula is C16H16BrCl2NS. The zero-order valence-electron chi connectivity index (χ0n) is 11.6. The van der Waals surface area contributed by atoms with Crippen LogP contribution in [0.25, 0.3) is 0 Å². The van der Waals surface area contributed by atoms with Crippen LogP contribution in [-0.2, 0) is 6.42 Å². The third-order valence-corrected chi connectivity index (χ3v) is 5.95. The van der Waals surface area contributed by atoms with Crippen molar-refractivity contribution in [1.29, 1.82) is 0 Å². The van der Waals surface area contributed by atoms with E-state index in [-0.39, 0.29) is 0 Å². The van der Waals surface area contributed by atoms with Gasteiger partial charge in [-0.3, -0.25) is 0 Å². The number of benzene rings is 2. The van der Waals surface area contributed by atoms with E-state index < -0.39 is 0 Å². The second-order valence-electron chi connectivity index (χ2n) is 4.67. The van der Waals surface area contributed by atoms with Gasteiger partial charge in [-0.15, -0.1) is 11.8 Å². The fourth-order valence-electron chi connectivity index (χ4n) is 1.96. The second kappa shape index (κ2) is 8.44. The molecule has 0 aliphatic heterocycles. The first kappa shape index (κ1) is 17.2. The molecule has 2 rings (SSSR count). The van der Waals surface area contributed by atoms with E-state index >= 15 is 0 Å². The van der Waals surface area contributed by atoms with Crippen LogP contribution in [-0.4, -0.2) is 18.8 Å². The van der Waals surface area contributed by atoms with Crippen LogP contribution in [0.5, 0.6) is 0 Å². The van der Waals surface area contributed by atoms with Gasteiger partial charge in [0.1, 0.15) is 0 Å². The number of hydrogen-bond donors (Lipinski definition) is 1. The molecule has 5 heteroatoms. The minimum absolute atomic E-state index is 0.332. The molecule has 2 aromatic carbocycles. The summed E-state index contributed by atoms with van der Waals surface area (Å²) in [6.45, 7) is 0. The largest absolute Gasteiger partial charge is 0.316 e. The topological polar surface area (TPSA) is 12.0 Å². The molecule has 0 amide bonds. The van der Waals surface area contributed by atoms with Gasteiger partial charge in [0.2, 0.25) is 0 Å². The predicted octanol–water partition coefficient (Wildman–Crippen LogP) is 5.68. The molecule has 0 spiro atoms. The SMILES string of the molecule is CNC(CSc1ccccc1Br)Cc1cc(Cl)ccc1Cl. The maximum Gasteiger partial charge on any atom is 0.0439 e. The minimum atomic E-state index is 0.332. The summed E-state index contributed by atoms with van der Waals surface area (Å²) in [4.78, 5) is 1.25. The highest BCUT2D eigenvalue weighted by Crippen LogP contribution is 2.28. The number of rotatable bonds is 6. The molecule has 0 saturated carbocycles. The van der Waals surface area contributed by atoms with Crippen molar-refractivity contribution in [2.75, 3.05) is 12.8 Å². The van der Waals surface area contributed by atoms with E-state index in [1.54, 1.807) is 0 Å². The fraction of sp³-hybridized carbons (Fsp3) is 0.250. The Morgan fingerprint density at radius 1 is 1.19 bits per heavy atom. The van der Waals surface area contributed by atoms with Gasteiger partial charge in [0.25, 0.3) is 0 Å². The Balaban J connectivity index is 2.00. The number of nitrogens with one attached hydrogen (secondary N) is 1. The molecule has 0 saturated heterocycles. The zero-order chi connectivity index (χ0) is 15.2. The normalized spacial score (nSPS) is 12.4. The maximum absolute atomic E-state index is 6.24. The van der Waals surface area contributed by atoms with E-state index in [1.807, 2.05) is 43.1 Å². The van der Waals surface area contributed by atoms with Crippen LogP contribution in [0.4, 0.5) is 0 Å². The van der Waals surface area contributed by atoms with E-state index in [9.17, 15) is 0 Å². The molecule has 0 aliphatic carbocycles. The third-order valence-electron chi connectivity index (χ3n) is 3.16. The van der Waals surface area contributed by atoms with Gasteiger partial charge in [0, 0.05) is 31.2 Å². The summed E-state index contributed by atoms with van der Waals surface area (Å²) < 4.78 is 1.13. The van der Waals surface area contributed by atoms with Crippen LogP contribution in [0, 0.1) is 0 Å². The van der Waals surface area contributed by atoms with E-state index in [2.05, 4.69) is 39.4 Å². The summed E-state index contributed by atoms with van der Waals surface area (Å²) in [7, 11) is 1.98. The summed E-state index contributed by atoms with van der Waals surface area (Å²) in [6, 6.07) is 14.2. The molecule has 1 N–H and O–H groups in total. The first-order valence-corrected chi connectivity index (χ1v) is 9.12. The summed E-state index contributed by atoms with van der Waals surface area (Å²) in [5.41, 5.74) is 1.08. The first-order valence-electron chi connectivity index (χ1n) is 6.58. The van der Waals surface area contributed by atoms with Crippen molar-refractivity contribution in [2.24, 2.45) is 0 Å². The summed E-state index contributed by atoms with van der Waals surface area (Å²) >= 11 is 17.7. The highest BCUT2D eigenvalue weighted by Gasteiger charge is 2.12. The molecule has 1 unspecified atom stereocenters. The first-order chi connectivity index (χ1) is 10.1. The summed E-state index contributed by atoms with van der Waals surface area (Å²) in [6.07, 6.45) is 0.855. The molecule has 0 bridgehead atoms. The number of likely N-dealkylation sites (N-methyl/N-ethyl adjacent to an activating group) is 1. The standard InChI is InChI=1S/C16H16BrCl2NS/c1-20-13(9-11-8-12(18)6-7-15(11)19)10-21-16-5-3-2-4-14(16)17/h2-8,13,20H,9-10H2,1H3. The van der Waals surface area contributed by atoms with Crippen molar-refractivity contribution in [1.82, 2.24) is 5.32 Å². The molecule has 0 radical (unpaired) electrons. The number of halogens is 3. The van der Waals surface area contributed by atoms with Gasteiger partial charge < -0.3 is 5.32 Å². The van der Waals surface area contributed by atoms with Crippen LogP contribution < -0.4 is 5.32 Å². The fourth-order valence-corrected chi connectivity index (χ4v) is 4.03. The van der Waals surface area contributed by atoms with Crippen molar-refractivity contribution < 1.29 is 0 Å². The molecule has 0 heterocycles. The van der Waals surface area contributed by atoms with Gasteiger partial charge in [0.05, 0.1) is 0 Å². The third kappa shape index (κ3) is 5.19. The van der Waals surface area contributed by atoms with E-state index in [0.29, 0.717) is 6.04 Å². The van der Waals surface area contributed by atoms with Crippen LogP contribution in [0.2, 0.25) is 10.0 Å². The predicted molar refractivity (Wildman–Crippen MR) is 97.9 cm³/mol. The van der Waals surface area contributed by atoms with Gasteiger partial charge in [-0.1, -0.05) is 35.3 Å². The Bertz CT molecular complexity index is 607. The van der Waals surface area contributed by atoms with E-state index in [1.165, 1.54) is 4.90 Å². The molecule has 21 heavy (non-hydrogen) atoms. The lowest BCUT2D eigenvalue weighted by Crippen LogP contribution is -2.30. The maximum atomic E-state index is 6.24. The zero-order valence-corrected chi connectivity index (χ0v) is 15.5. The van der Waals surface area contributed by atoms with E-state index in [0.717, 1.165) is 32.3 Å². The second-order valence-corrected chi connectivity index (χ2v) is 7.43. The van der Waals surface area contributed by atoms with Crippen LogP contribution >= 0.6 is 50.9 Å². The lowest BCUT2D eigenvalue weighted by atomic mass is 10.1. The molecule has 0 aliphatic rings. The average Bonchev–Trinajstić information content (AvgIpc) is 2.48. The Morgan fingerprint density at radius 3 is 2.67 bits per heavy atom. The highest BCUT2D eigenvalue weighted by atomic mass is 79.9. The van der Waals surface area contributed by atoms with Crippen molar-refractivity contribution in [3.8, 4) is 0 Å². The number of hydrogen-bond acceptors (Lipinski definition) is 2. The summed E-state index contributed by atoms with van der Waals surface area (Å²) in [5.74, 6) is 0.960. The lowest BCUT2D eigenvalue weighted by molar-refractivity contribution is 0.617. The molecule has 0 aromatic heterocycles. The van der Waals surface area contributed by atoms with Gasteiger partial charge in [-0.25, -0.2) is 0 Å². The average molecular weight is 405 g/mol. The Kier molecular flexibility index (Phi) is 6.90. The molecule has 1 nitrogen and oxygen atoms in total. The van der Waals surface area contributed by atoms with Gasteiger partial charge in [0.15, 0.2) is 0 Å². The minimum Gasteiger partial charge on any atom is -0.316 e. The molecular weight excluding hydrogens is 389 g/mol. The molecule has 112 valence electrons. The number of thioether (sulfide) groups is 1. The van der Waals surface area contributed by atoms with Crippen LogP contribution in [0.1, 0.15) is 5.56 Å². The van der Waals surface area contributed by atoms with Gasteiger partial charge in [-0.05, 0) is 65.3 Å². The lowest BCUT2D eigenvalue weighted by Gasteiger charge is -2.17. The van der Waals surface area contributed by atoms with E-state index in [4.69, 9.17) is 23.2 Å². The summed E-state index contributed by atoms with van der Waals surface area (Å²) in [5, 5.41) is 4.84. The van der Waals surface area contributed by atoms with Crippen molar-refractivity contribution in [3.05, 3.63) is 62.5 Å².